The lowest BCUT2D eigenvalue weighted by atomic mass is 10.0. The zero-order valence-corrected chi connectivity index (χ0v) is 12.7. The Morgan fingerprint density at radius 3 is 2.71 bits per heavy atom. The van der Waals surface area contributed by atoms with Crippen molar-refractivity contribution in [2.75, 3.05) is 6.26 Å². The number of carboxylic acids is 1. The summed E-state index contributed by atoms with van der Waals surface area (Å²) in [5.41, 5.74) is 1.93. The number of carbonyl (C=O) groups is 1. The standard InChI is InChI=1S/C16H11ClO3S/c1-21-13-5-3-2-4-10(13)14-11-8-9(17)6-7-12(11)20-15(14)16(18)19/h2-8H,1H3,(H,18,19). The average molecular weight is 319 g/mol. The van der Waals surface area contributed by atoms with Gasteiger partial charge >= 0.3 is 5.97 Å². The summed E-state index contributed by atoms with van der Waals surface area (Å²) in [6, 6.07) is 12.8. The van der Waals surface area contributed by atoms with Crippen LogP contribution in [0.1, 0.15) is 10.6 Å². The normalized spacial score (nSPS) is 11.0. The van der Waals surface area contributed by atoms with E-state index < -0.39 is 5.97 Å². The quantitative estimate of drug-likeness (QED) is 0.676. The van der Waals surface area contributed by atoms with Gasteiger partial charge in [-0.1, -0.05) is 29.8 Å². The van der Waals surface area contributed by atoms with E-state index in [4.69, 9.17) is 16.0 Å². The maximum absolute atomic E-state index is 11.5. The predicted molar refractivity (Wildman–Crippen MR) is 85.4 cm³/mol. The van der Waals surface area contributed by atoms with E-state index in [1.54, 1.807) is 30.0 Å². The molecular weight excluding hydrogens is 308 g/mol. The van der Waals surface area contributed by atoms with E-state index in [1.807, 2.05) is 30.5 Å². The van der Waals surface area contributed by atoms with Crippen LogP contribution in [0.4, 0.5) is 0 Å². The fourth-order valence-corrected chi connectivity index (χ4v) is 3.12. The highest BCUT2D eigenvalue weighted by Gasteiger charge is 2.23. The Morgan fingerprint density at radius 1 is 1.24 bits per heavy atom. The van der Waals surface area contributed by atoms with Crippen LogP contribution in [0, 0.1) is 0 Å². The van der Waals surface area contributed by atoms with Crippen LogP contribution in [0.3, 0.4) is 0 Å². The van der Waals surface area contributed by atoms with Crippen molar-refractivity contribution in [1.82, 2.24) is 0 Å². The molecule has 0 radical (unpaired) electrons. The summed E-state index contributed by atoms with van der Waals surface area (Å²) in [6.07, 6.45) is 1.95. The fraction of sp³-hybridized carbons (Fsp3) is 0.0625. The number of furan rings is 1. The summed E-state index contributed by atoms with van der Waals surface area (Å²) in [7, 11) is 0. The van der Waals surface area contributed by atoms with Gasteiger partial charge in [0.25, 0.3) is 0 Å². The van der Waals surface area contributed by atoms with Crippen LogP contribution in [-0.4, -0.2) is 17.3 Å². The number of hydrogen-bond acceptors (Lipinski definition) is 3. The lowest BCUT2D eigenvalue weighted by Crippen LogP contribution is -1.96. The van der Waals surface area contributed by atoms with Gasteiger partial charge in [-0.2, -0.15) is 0 Å². The van der Waals surface area contributed by atoms with Crippen molar-refractivity contribution in [2.24, 2.45) is 0 Å². The zero-order chi connectivity index (χ0) is 15.0. The number of carboxylic acid groups (broad SMARTS) is 1. The van der Waals surface area contributed by atoms with Gasteiger partial charge in [0.1, 0.15) is 5.58 Å². The first-order chi connectivity index (χ1) is 10.1. The molecule has 0 saturated carbocycles. The Morgan fingerprint density at radius 2 is 2.00 bits per heavy atom. The summed E-state index contributed by atoms with van der Waals surface area (Å²) in [5, 5.41) is 10.7. The van der Waals surface area contributed by atoms with Crippen LogP contribution < -0.4 is 0 Å². The third-order valence-corrected chi connectivity index (χ3v) is 4.25. The van der Waals surface area contributed by atoms with Crippen molar-refractivity contribution in [2.45, 2.75) is 4.90 Å². The molecule has 21 heavy (non-hydrogen) atoms. The minimum absolute atomic E-state index is 0.0613. The maximum Gasteiger partial charge on any atom is 0.372 e. The van der Waals surface area contributed by atoms with E-state index in [1.165, 1.54) is 0 Å². The van der Waals surface area contributed by atoms with Gasteiger partial charge in [-0.25, -0.2) is 4.79 Å². The predicted octanol–water partition coefficient (Wildman–Crippen LogP) is 5.17. The van der Waals surface area contributed by atoms with Gasteiger partial charge in [-0.15, -0.1) is 11.8 Å². The molecule has 0 bridgehead atoms. The molecular formula is C16H11ClO3S. The van der Waals surface area contributed by atoms with E-state index in [0.29, 0.717) is 21.6 Å². The average Bonchev–Trinajstić information content (AvgIpc) is 2.85. The van der Waals surface area contributed by atoms with Crippen LogP contribution in [0.15, 0.2) is 51.8 Å². The Hall–Kier alpha value is -1.91. The molecule has 0 spiro atoms. The van der Waals surface area contributed by atoms with Crippen LogP contribution in [0.2, 0.25) is 5.02 Å². The van der Waals surface area contributed by atoms with Crippen molar-refractivity contribution >= 4 is 40.3 Å². The van der Waals surface area contributed by atoms with Crippen molar-refractivity contribution in [1.29, 1.82) is 0 Å². The number of benzene rings is 2. The summed E-state index contributed by atoms with van der Waals surface area (Å²) < 4.78 is 5.50. The maximum atomic E-state index is 11.5. The monoisotopic (exact) mass is 318 g/mol. The second-order valence-electron chi connectivity index (χ2n) is 4.45. The molecule has 0 unspecified atom stereocenters. The van der Waals surface area contributed by atoms with Gasteiger partial charge in [0.2, 0.25) is 5.76 Å². The van der Waals surface area contributed by atoms with Crippen LogP contribution in [0.5, 0.6) is 0 Å². The van der Waals surface area contributed by atoms with Crippen molar-refractivity contribution in [3.05, 3.63) is 53.2 Å². The lowest BCUT2D eigenvalue weighted by molar-refractivity contribution is 0.0666. The smallest absolute Gasteiger partial charge is 0.372 e. The molecule has 106 valence electrons. The third kappa shape index (κ3) is 2.41. The van der Waals surface area contributed by atoms with Crippen molar-refractivity contribution in [3.8, 4) is 11.1 Å². The minimum atomic E-state index is -1.09. The molecule has 1 N–H and O–H groups in total. The van der Waals surface area contributed by atoms with E-state index in [2.05, 4.69) is 0 Å². The molecule has 3 nitrogen and oxygen atoms in total. The Balaban J connectivity index is 2.41. The Kier molecular flexibility index (Phi) is 3.66. The molecule has 5 heteroatoms. The summed E-state index contributed by atoms with van der Waals surface area (Å²) in [4.78, 5) is 12.5. The van der Waals surface area contributed by atoms with Gasteiger partial charge in [-0.3, -0.25) is 0 Å². The van der Waals surface area contributed by atoms with Crippen molar-refractivity contribution in [3.63, 3.8) is 0 Å². The summed E-state index contributed by atoms with van der Waals surface area (Å²) in [6.45, 7) is 0. The van der Waals surface area contributed by atoms with E-state index in [9.17, 15) is 9.90 Å². The highest BCUT2D eigenvalue weighted by atomic mass is 35.5. The number of halogens is 1. The number of hydrogen-bond donors (Lipinski definition) is 1. The molecule has 0 amide bonds. The molecule has 2 aromatic carbocycles. The lowest BCUT2D eigenvalue weighted by Gasteiger charge is -2.06. The number of thioether (sulfide) groups is 1. The van der Waals surface area contributed by atoms with Gasteiger partial charge in [0.15, 0.2) is 0 Å². The number of aromatic carboxylic acids is 1. The molecule has 0 saturated heterocycles. The highest BCUT2D eigenvalue weighted by Crippen LogP contribution is 2.40. The molecule has 0 aliphatic rings. The van der Waals surface area contributed by atoms with E-state index in [0.717, 1.165) is 10.5 Å². The second-order valence-corrected chi connectivity index (χ2v) is 5.74. The van der Waals surface area contributed by atoms with Gasteiger partial charge in [0.05, 0.1) is 0 Å². The minimum Gasteiger partial charge on any atom is -0.475 e. The molecule has 0 aliphatic heterocycles. The topological polar surface area (TPSA) is 50.4 Å². The molecule has 3 rings (SSSR count). The SMILES string of the molecule is CSc1ccccc1-c1c(C(=O)O)oc2ccc(Cl)cc12. The second kappa shape index (κ2) is 5.47. The number of rotatable bonds is 3. The van der Waals surface area contributed by atoms with Crippen LogP contribution in [-0.2, 0) is 0 Å². The molecule has 0 fully saturated rings. The molecule has 1 aromatic heterocycles. The Labute approximate surface area is 130 Å². The van der Waals surface area contributed by atoms with E-state index >= 15 is 0 Å². The van der Waals surface area contributed by atoms with Crippen LogP contribution in [0.25, 0.3) is 22.1 Å². The molecule has 3 aromatic rings. The molecule has 1 heterocycles. The third-order valence-electron chi connectivity index (χ3n) is 3.22. The van der Waals surface area contributed by atoms with Gasteiger partial charge in [0, 0.05) is 20.9 Å². The first-order valence-corrected chi connectivity index (χ1v) is 7.81. The highest BCUT2D eigenvalue weighted by molar-refractivity contribution is 7.98. The summed E-state index contributed by atoms with van der Waals surface area (Å²) in [5.74, 6) is -1.15. The first-order valence-electron chi connectivity index (χ1n) is 6.20. The summed E-state index contributed by atoms with van der Waals surface area (Å²) >= 11 is 7.61. The van der Waals surface area contributed by atoms with Crippen LogP contribution >= 0.6 is 23.4 Å². The zero-order valence-electron chi connectivity index (χ0n) is 11.1. The fourth-order valence-electron chi connectivity index (χ4n) is 2.34. The molecule has 0 aliphatic carbocycles. The molecule has 0 atom stereocenters. The van der Waals surface area contributed by atoms with Gasteiger partial charge < -0.3 is 9.52 Å². The number of fused-ring (bicyclic) bond motifs is 1. The largest absolute Gasteiger partial charge is 0.475 e. The van der Waals surface area contributed by atoms with E-state index in [-0.39, 0.29) is 5.76 Å². The first kappa shape index (κ1) is 14.0. The Bertz CT molecular complexity index is 839. The van der Waals surface area contributed by atoms with Gasteiger partial charge in [-0.05, 0) is 36.1 Å². The van der Waals surface area contributed by atoms with Crippen molar-refractivity contribution < 1.29 is 14.3 Å².